The van der Waals surface area contributed by atoms with Crippen molar-refractivity contribution < 1.29 is 14.0 Å². The summed E-state index contributed by atoms with van der Waals surface area (Å²) in [5.41, 5.74) is 1.08. The highest BCUT2D eigenvalue weighted by Gasteiger charge is 2.40. The minimum Gasteiger partial charge on any atom is -0.410 e. The van der Waals surface area contributed by atoms with Crippen LogP contribution in [-0.2, 0) is 20.6 Å². The lowest BCUT2D eigenvalue weighted by Gasteiger charge is -2.39. The van der Waals surface area contributed by atoms with Crippen molar-refractivity contribution in [1.82, 2.24) is 0 Å². The van der Waals surface area contributed by atoms with Gasteiger partial charge in [-0.3, -0.25) is 4.79 Å². The van der Waals surface area contributed by atoms with E-state index in [1.807, 2.05) is 36.4 Å². The molecule has 0 bridgehead atoms. The maximum atomic E-state index is 12.1. The van der Waals surface area contributed by atoms with Crippen molar-refractivity contribution in [3.8, 4) is 0 Å². The highest BCUT2D eigenvalue weighted by atomic mass is 28.4. The summed E-state index contributed by atoms with van der Waals surface area (Å²) in [6.45, 7) is 11.6. The Balaban J connectivity index is 1.96. The topological polar surface area (TPSA) is 35.5 Å². The normalized spacial score (nSPS) is 22.4. The molecule has 0 heterocycles. The summed E-state index contributed by atoms with van der Waals surface area (Å²) >= 11 is 0. The molecule has 2 rings (SSSR count). The van der Waals surface area contributed by atoms with Crippen LogP contribution in [0.4, 0.5) is 0 Å². The number of hydrogen-bond acceptors (Lipinski definition) is 3. The number of benzene rings is 1. The lowest BCUT2D eigenvalue weighted by molar-refractivity contribution is -0.129. The SMILES string of the molecule is CC(C)(C)[Si](C)(C)O[C@@H]1C=CC(=O)[C@H](OCc2ccccc2)C1. The molecule has 1 aromatic carbocycles. The predicted molar refractivity (Wildman–Crippen MR) is 95.9 cm³/mol. The van der Waals surface area contributed by atoms with E-state index in [0.717, 1.165) is 5.56 Å². The smallest absolute Gasteiger partial charge is 0.192 e. The number of carbonyl (C=O) groups excluding carboxylic acids is 1. The van der Waals surface area contributed by atoms with Gasteiger partial charge in [0, 0.05) is 6.42 Å². The van der Waals surface area contributed by atoms with Crippen molar-refractivity contribution in [2.24, 2.45) is 0 Å². The zero-order chi connectivity index (χ0) is 17.1. The van der Waals surface area contributed by atoms with Gasteiger partial charge in [-0.25, -0.2) is 0 Å². The Bertz CT molecular complexity index is 558. The third-order valence-corrected chi connectivity index (χ3v) is 9.29. The van der Waals surface area contributed by atoms with Gasteiger partial charge < -0.3 is 9.16 Å². The van der Waals surface area contributed by atoms with E-state index >= 15 is 0 Å². The third-order valence-electron chi connectivity index (χ3n) is 4.79. The molecule has 0 radical (unpaired) electrons. The van der Waals surface area contributed by atoms with Crippen molar-refractivity contribution in [3.63, 3.8) is 0 Å². The fourth-order valence-electron chi connectivity index (χ4n) is 2.28. The second-order valence-electron chi connectivity index (χ2n) is 7.70. The van der Waals surface area contributed by atoms with E-state index in [0.29, 0.717) is 13.0 Å². The molecule has 4 heteroatoms. The Hall–Kier alpha value is -1.23. The molecule has 0 amide bonds. The molecule has 0 N–H and O–H groups in total. The molecule has 1 aliphatic carbocycles. The minimum atomic E-state index is -1.85. The van der Waals surface area contributed by atoms with Crippen LogP contribution in [-0.4, -0.2) is 26.3 Å². The first-order valence-electron chi connectivity index (χ1n) is 8.24. The second kappa shape index (κ2) is 7.12. The Morgan fingerprint density at radius 2 is 1.83 bits per heavy atom. The van der Waals surface area contributed by atoms with Crippen LogP contribution in [0.5, 0.6) is 0 Å². The number of ketones is 1. The molecule has 23 heavy (non-hydrogen) atoms. The van der Waals surface area contributed by atoms with E-state index in [4.69, 9.17) is 9.16 Å². The summed E-state index contributed by atoms with van der Waals surface area (Å²) < 4.78 is 12.2. The Labute approximate surface area is 140 Å². The first kappa shape index (κ1) is 18.1. The highest BCUT2D eigenvalue weighted by Crippen LogP contribution is 2.38. The zero-order valence-electron chi connectivity index (χ0n) is 14.8. The minimum absolute atomic E-state index is 0.0330. The van der Waals surface area contributed by atoms with E-state index in [2.05, 4.69) is 33.9 Å². The van der Waals surface area contributed by atoms with Crippen LogP contribution in [0.3, 0.4) is 0 Å². The van der Waals surface area contributed by atoms with E-state index in [-0.39, 0.29) is 16.9 Å². The molecular formula is C19H28O3Si. The van der Waals surface area contributed by atoms with Crippen LogP contribution in [0.1, 0.15) is 32.8 Å². The monoisotopic (exact) mass is 332 g/mol. The van der Waals surface area contributed by atoms with Crippen molar-refractivity contribution in [2.75, 3.05) is 0 Å². The van der Waals surface area contributed by atoms with Gasteiger partial charge in [0.25, 0.3) is 0 Å². The van der Waals surface area contributed by atoms with Gasteiger partial charge in [0.2, 0.25) is 0 Å². The van der Waals surface area contributed by atoms with Gasteiger partial charge in [-0.15, -0.1) is 0 Å². The van der Waals surface area contributed by atoms with Crippen LogP contribution in [0, 0.1) is 0 Å². The summed E-state index contributed by atoms with van der Waals surface area (Å²) in [4.78, 5) is 12.1. The fraction of sp³-hybridized carbons (Fsp3) is 0.526. The molecule has 1 aromatic rings. The number of hydrogen-bond donors (Lipinski definition) is 0. The molecular weight excluding hydrogens is 304 g/mol. The molecule has 0 saturated carbocycles. The van der Waals surface area contributed by atoms with Crippen molar-refractivity contribution in [2.45, 2.75) is 64.1 Å². The summed E-state index contributed by atoms with van der Waals surface area (Å²) in [7, 11) is -1.85. The first-order valence-corrected chi connectivity index (χ1v) is 11.2. The van der Waals surface area contributed by atoms with Gasteiger partial charge in [-0.05, 0) is 29.8 Å². The molecule has 0 unspecified atom stereocenters. The van der Waals surface area contributed by atoms with Crippen LogP contribution in [0.15, 0.2) is 42.5 Å². The van der Waals surface area contributed by atoms with Gasteiger partial charge in [0.1, 0.15) is 6.10 Å². The number of rotatable bonds is 5. The van der Waals surface area contributed by atoms with Crippen molar-refractivity contribution >= 4 is 14.1 Å². The average Bonchev–Trinajstić information content (AvgIpc) is 2.47. The van der Waals surface area contributed by atoms with Gasteiger partial charge in [0.15, 0.2) is 14.1 Å². The Morgan fingerprint density at radius 1 is 1.17 bits per heavy atom. The molecule has 0 aliphatic heterocycles. The van der Waals surface area contributed by atoms with Gasteiger partial charge >= 0.3 is 0 Å². The number of carbonyl (C=O) groups is 1. The lowest BCUT2D eigenvalue weighted by Crippen LogP contribution is -2.45. The van der Waals surface area contributed by atoms with Gasteiger partial charge in [-0.1, -0.05) is 57.2 Å². The predicted octanol–water partition coefficient (Wildman–Crippen LogP) is 4.49. The molecule has 0 spiro atoms. The van der Waals surface area contributed by atoms with E-state index < -0.39 is 14.4 Å². The summed E-state index contributed by atoms with van der Waals surface area (Å²) in [5, 5.41) is 0.155. The summed E-state index contributed by atoms with van der Waals surface area (Å²) in [6, 6.07) is 9.94. The maximum absolute atomic E-state index is 12.1. The molecule has 1 aliphatic rings. The first-order chi connectivity index (χ1) is 10.7. The van der Waals surface area contributed by atoms with E-state index in [1.54, 1.807) is 6.08 Å². The number of ether oxygens (including phenoxy) is 1. The Morgan fingerprint density at radius 3 is 2.43 bits per heavy atom. The zero-order valence-corrected chi connectivity index (χ0v) is 15.8. The van der Waals surface area contributed by atoms with E-state index in [9.17, 15) is 4.79 Å². The molecule has 126 valence electrons. The molecule has 0 aromatic heterocycles. The third kappa shape index (κ3) is 4.87. The van der Waals surface area contributed by atoms with Crippen LogP contribution in [0.25, 0.3) is 0 Å². The quantitative estimate of drug-likeness (QED) is 0.745. The molecule has 0 fully saturated rings. The fourth-order valence-corrected chi connectivity index (χ4v) is 3.56. The summed E-state index contributed by atoms with van der Waals surface area (Å²) in [5.74, 6) is 0.0380. The second-order valence-corrected chi connectivity index (χ2v) is 12.5. The standard InChI is InChI=1S/C19H28O3Si/c1-19(2,3)23(4,5)22-16-11-12-17(20)18(13-16)21-14-15-9-7-6-8-10-15/h6-12,16,18H,13-14H2,1-5H3/t16-,18-/m1/s1. The average molecular weight is 333 g/mol. The highest BCUT2D eigenvalue weighted by molar-refractivity contribution is 6.74. The van der Waals surface area contributed by atoms with Crippen molar-refractivity contribution in [3.05, 3.63) is 48.0 Å². The Kier molecular flexibility index (Phi) is 5.60. The molecule has 2 atom stereocenters. The van der Waals surface area contributed by atoms with Crippen molar-refractivity contribution in [1.29, 1.82) is 0 Å². The van der Waals surface area contributed by atoms with Crippen LogP contribution < -0.4 is 0 Å². The molecule has 3 nitrogen and oxygen atoms in total. The summed E-state index contributed by atoms with van der Waals surface area (Å²) in [6.07, 6.45) is 3.68. The lowest BCUT2D eigenvalue weighted by atomic mass is 10.0. The molecule has 0 saturated heterocycles. The largest absolute Gasteiger partial charge is 0.410 e. The maximum Gasteiger partial charge on any atom is 0.192 e. The van der Waals surface area contributed by atoms with Crippen LogP contribution in [0.2, 0.25) is 18.1 Å². The van der Waals surface area contributed by atoms with Crippen LogP contribution >= 0.6 is 0 Å². The van der Waals surface area contributed by atoms with E-state index in [1.165, 1.54) is 0 Å². The van der Waals surface area contributed by atoms with Gasteiger partial charge in [-0.2, -0.15) is 0 Å². The van der Waals surface area contributed by atoms with Gasteiger partial charge in [0.05, 0.1) is 12.7 Å².